The summed E-state index contributed by atoms with van der Waals surface area (Å²) >= 11 is 6.67. The van der Waals surface area contributed by atoms with Gasteiger partial charge in [-0.1, -0.05) is 19.4 Å². The molecule has 0 aliphatic carbocycles. The molecule has 0 saturated carbocycles. The van der Waals surface area contributed by atoms with Crippen LogP contribution in [0, 0.1) is 0 Å². The van der Waals surface area contributed by atoms with Crippen LogP contribution in [0.2, 0.25) is 0 Å². The van der Waals surface area contributed by atoms with Gasteiger partial charge in [0, 0.05) is 0 Å². The number of methoxy groups -OCH3 is 1. The predicted molar refractivity (Wildman–Crippen MR) is 79.2 cm³/mol. The van der Waals surface area contributed by atoms with E-state index in [9.17, 15) is 0 Å². The van der Waals surface area contributed by atoms with Gasteiger partial charge in [-0.2, -0.15) is 0 Å². The van der Waals surface area contributed by atoms with Crippen LogP contribution in [0.15, 0.2) is 21.6 Å². The van der Waals surface area contributed by atoms with Crippen molar-refractivity contribution in [2.24, 2.45) is 0 Å². The van der Waals surface area contributed by atoms with Crippen LogP contribution in [-0.4, -0.2) is 13.7 Å². The van der Waals surface area contributed by atoms with E-state index in [1.165, 1.54) is 0 Å². The first kappa shape index (κ1) is 14.6. The standard InChI is InChI=1S/C13H16Br2O2/c1-3-4-7-17-11-6-5-10(9-13(14)15)8-12(11)16-2/h5-6,8-9H,3-4,7H2,1-2H3. The lowest BCUT2D eigenvalue weighted by Gasteiger charge is -2.10. The number of unbranched alkanes of at least 4 members (excludes halogenated alkanes) is 1. The van der Waals surface area contributed by atoms with E-state index in [4.69, 9.17) is 9.47 Å². The normalized spacial score (nSPS) is 9.88. The van der Waals surface area contributed by atoms with E-state index in [2.05, 4.69) is 38.8 Å². The summed E-state index contributed by atoms with van der Waals surface area (Å²) in [5.74, 6) is 1.56. The van der Waals surface area contributed by atoms with Crippen LogP contribution in [0.5, 0.6) is 11.5 Å². The molecule has 0 N–H and O–H groups in total. The molecule has 0 saturated heterocycles. The van der Waals surface area contributed by atoms with Gasteiger partial charge < -0.3 is 9.47 Å². The molecule has 94 valence electrons. The second-order valence-corrected chi connectivity index (χ2v) is 6.32. The lowest BCUT2D eigenvalue weighted by atomic mass is 10.2. The third-order valence-corrected chi connectivity index (χ3v) is 2.68. The Kier molecular flexibility index (Phi) is 6.66. The molecule has 1 rings (SSSR count). The van der Waals surface area contributed by atoms with Crippen molar-refractivity contribution in [3.05, 3.63) is 27.2 Å². The Bertz CT molecular complexity index is 385. The highest BCUT2D eigenvalue weighted by atomic mass is 79.9. The Morgan fingerprint density at radius 1 is 1.29 bits per heavy atom. The molecule has 0 spiro atoms. The summed E-state index contributed by atoms with van der Waals surface area (Å²) in [6.07, 6.45) is 4.13. The Morgan fingerprint density at radius 2 is 2.06 bits per heavy atom. The first-order valence-electron chi connectivity index (χ1n) is 5.51. The predicted octanol–water partition coefficient (Wildman–Crippen LogP) is 4.96. The fourth-order valence-electron chi connectivity index (χ4n) is 1.35. The maximum Gasteiger partial charge on any atom is 0.161 e. The largest absolute Gasteiger partial charge is 0.493 e. The summed E-state index contributed by atoms with van der Waals surface area (Å²) < 4.78 is 11.9. The molecule has 0 fully saturated rings. The number of ether oxygens (including phenoxy) is 2. The molecule has 0 amide bonds. The summed E-state index contributed by atoms with van der Waals surface area (Å²) in [5, 5.41) is 0. The van der Waals surface area contributed by atoms with Crippen molar-refractivity contribution in [1.29, 1.82) is 0 Å². The molecule has 0 bridgehead atoms. The lowest BCUT2D eigenvalue weighted by molar-refractivity contribution is 0.288. The molecule has 17 heavy (non-hydrogen) atoms. The molecule has 2 nitrogen and oxygen atoms in total. The number of hydrogen-bond acceptors (Lipinski definition) is 2. The Labute approximate surface area is 119 Å². The van der Waals surface area contributed by atoms with E-state index in [1.807, 2.05) is 24.3 Å². The first-order chi connectivity index (χ1) is 8.17. The zero-order valence-corrected chi connectivity index (χ0v) is 13.2. The summed E-state index contributed by atoms with van der Waals surface area (Å²) in [4.78, 5) is 0. The Hall–Kier alpha value is -0.480. The van der Waals surface area contributed by atoms with Crippen molar-refractivity contribution >= 4 is 37.9 Å². The van der Waals surface area contributed by atoms with E-state index in [1.54, 1.807) is 7.11 Å². The molecular weight excluding hydrogens is 348 g/mol. The highest BCUT2D eigenvalue weighted by molar-refractivity contribution is 9.28. The second kappa shape index (κ2) is 7.77. The molecule has 0 aliphatic rings. The fraction of sp³-hybridized carbons (Fsp3) is 0.385. The maximum atomic E-state index is 5.66. The Balaban J connectivity index is 2.82. The van der Waals surface area contributed by atoms with Gasteiger partial charge in [0.15, 0.2) is 11.5 Å². The summed E-state index contributed by atoms with van der Waals surface area (Å²) in [5.41, 5.74) is 1.05. The van der Waals surface area contributed by atoms with Crippen molar-refractivity contribution < 1.29 is 9.47 Å². The van der Waals surface area contributed by atoms with E-state index >= 15 is 0 Å². The van der Waals surface area contributed by atoms with Crippen molar-refractivity contribution in [3.8, 4) is 11.5 Å². The molecular formula is C13H16Br2O2. The number of rotatable bonds is 6. The van der Waals surface area contributed by atoms with Crippen LogP contribution in [-0.2, 0) is 0 Å². The van der Waals surface area contributed by atoms with Crippen molar-refractivity contribution in [2.75, 3.05) is 13.7 Å². The summed E-state index contributed by atoms with van der Waals surface area (Å²) in [7, 11) is 1.65. The van der Waals surface area contributed by atoms with Crippen LogP contribution in [0.3, 0.4) is 0 Å². The van der Waals surface area contributed by atoms with Gasteiger partial charge in [0.2, 0.25) is 0 Å². The van der Waals surface area contributed by atoms with E-state index in [-0.39, 0.29) is 0 Å². The minimum Gasteiger partial charge on any atom is -0.493 e. The molecule has 4 heteroatoms. The third-order valence-electron chi connectivity index (χ3n) is 2.22. The van der Waals surface area contributed by atoms with Gasteiger partial charge in [-0.25, -0.2) is 0 Å². The van der Waals surface area contributed by atoms with E-state index in [0.717, 1.165) is 39.9 Å². The second-order valence-electron chi connectivity index (χ2n) is 3.55. The molecule has 0 heterocycles. The van der Waals surface area contributed by atoms with E-state index in [0.29, 0.717) is 0 Å². The van der Waals surface area contributed by atoms with E-state index < -0.39 is 0 Å². The van der Waals surface area contributed by atoms with Crippen LogP contribution >= 0.6 is 31.9 Å². The SMILES string of the molecule is CCCCOc1ccc(C=C(Br)Br)cc1OC. The van der Waals surface area contributed by atoms with Crippen LogP contribution in [0.25, 0.3) is 6.08 Å². The van der Waals surface area contributed by atoms with Crippen molar-refractivity contribution in [2.45, 2.75) is 19.8 Å². The minimum atomic E-state index is 0.726. The van der Waals surface area contributed by atoms with Crippen LogP contribution in [0.1, 0.15) is 25.3 Å². The highest BCUT2D eigenvalue weighted by Crippen LogP contribution is 2.30. The third kappa shape index (κ3) is 5.13. The van der Waals surface area contributed by atoms with Gasteiger partial charge in [-0.3, -0.25) is 0 Å². The zero-order chi connectivity index (χ0) is 12.7. The number of halogens is 2. The summed E-state index contributed by atoms with van der Waals surface area (Å²) in [6.45, 7) is 2.87. The molecule has 1 aromatic rings. The van der Waals surface area contributed by atoms with Crippen molar-refractivity contribution in [1.82, 2.24) is 0 Å². The molecule has 1 aromatic carbocycles. The molecule has 0 aromatic heterocycles. The average Bonchev–Trinajstić information content (AvgIpc) is 2.30. The lowest BCUT2D eigenvalue weighted by Crippen LogP contribution is -1.98. The first-order valence-corrected chi connectivity index (χ1v) is 7.09. The van der Waals surface area contributed by atoms with Gasteiger partial charge in [0.05, 0.1) is 17.1 Å². The van der Waals surface area contributed by atoms with Crippen molar-refractivity contribution in [3.63, 3.8) is 0 Å². The molecule has 0 aliphatic heterocycles. The van der Waals surface area contributed by atoms with Gasteiger partial charge >= 0.3 is 0 Å². The van der Waals surface area contributed by atoms with Gasteiger partial charge in [0.25, 0.3) is 0 Å². The fourth-order valence-corrected chi connectivity index (χ4v) is 1.87. The monoisotopic (exact) mass is 362 g/mol. The van der Waals surface area contributed by atoms with Gasteiger partial charge in [0.1, 0.15) is 0 Å². The average molecular weight is 364 g/mol. The zero-order valence-electron chi connectivity index (χ0n) is 10.0. The molecule has 0 radical (unpaired) electrons. The maximum absolute atomic E-state index is 5.66. The summed E-state index contributed by atoms with van der Waals surface area (Å²) in [6, 6.07) is 5.87. The van der Waals surface area contributed by atoms with Crippen LogP contribution < -0.4 is 9.47 Å². The molecule has 0 atom stereocenters. The topological polar surface area (TPSA) is 18.5 Å². The molecule has 0 unspecified atom stereocenters. The van der Waals surface area contributed by atoms with Gasteiger partial charge in [-0.05, 0) is 62.1 Å². The number of hydrogen-bond donors (Lipinski definition) is 0. The smallest absolute Gasteiger partial charge is 0.161 e. The van der Waals surface area contributed by atoms with Crippen LogP contribution in [0.4, 0.5) is 0 Å². The van der Waals surface area contributed by atoms with Gasteiger partial charge in [-0.15, -0.1) is 0 Å². The number of benzene rings is 1. The highest BCUT2D eigenvalue weighted by Gasteiger charge is 2.04. The minimum absolute atomic E-state index is 0.726. The quantitative estimate of drug-likeness (QED) is 0.665. The Morgan fingerprint density at radius 3 is 2.65 bits per heavy atom.